The Bertz CT molecular complexity index is 1230. The number of hydrogen-bond donors (Lipinski definition) is 1. The first-order chi connectivity index (χ1) is 15.8. The minimum atomic E-state index is -0.731. The summed E-state index contributed by atoms with van der Waals surface area (Å²) in [5, 5.41) is 15.0. The largest absolute Gasteiger partial charge is 0.477 e. The molecule has 0 radical (unpaired) electrons. The predicted molar refractivity (Wildman–Crippen MR) is 117 cm³/mol. The highest BCUT2D eigenvalue weighted by atomic mass is 35.5. The Morgan fingerprint density at radius 1 is 1.12 bits per heavy atom. The molecule has 168 valence electrons. The zero-order valence-electron chi connectivity index (χ0n) is 16.7. The van der Waals surface area contributed by atoms with Gasteiger partial charge in [0.1, 0.15) is 11.6 Å². The minimum Gasteiger partial charge on any atom is -0.477 e. The third-order valence-corrected chi connectivity index (χ3v) is 4.24. The van der Waals surface area contributed by atoms with Crippen LogP contribution in [0.5, 0.6) is 11.5 Å². The third-order valence-electron chi connectivity index (χ3n) is 4.01. The van der Waals surface area contributed by atoms with Crippen molar-refractivity contribution in [1.29, 1.82) is 0 Å². The van der Waals surface area contributed by atoms with Gasteiger partial charge in [0, 0.05) is 11.1 Å². The molecular formula is C22H15ClFN3O6. The Hall–Kier alpha value is -4.31. The van der Waals surface area contributed by atoms with Crippen LogP contribution in [0.4, 0.5) is 10.1 Å². The molecule has 0 saturated carbocycles. The fraction of sp³-hybridized carbons (Fsp3) is 0.0455. The molecule has 11 heteroatoms. The van der Waals surface area contributed by atoms with Crippen LogP contribution in [0.1, 0.15) is 15.9 Å². The number of nitro benzene ring substituents is 1. The van der Waals surface area contributed by atoms with Crippen LogP contribution in [0.2, 0.25) is 5.02 Å². The fourth-order valence-corrected chi connectivity index (χ4v) is 2.72. The van der Waals surface area contributed by atoms with Crippen molar-refractivity contribution in [3.63, 3.8) is 0 Å². The van der Waals surface area contributed by atoms with Gasteiger partial charge in [-0.25, -0.2) is 14.6 Å². The molecule has 9 nitrogen and oxygen atoms in total. The SMILES string of the molecule is O=C(COc1ccc(Cl)cc1[N+](=O)[O-])N/N=C/c1cccc(OC(=O)c2cccc(F)c2)c1. The lowest BCUT2D eigenvalue weighted by Crippen LogP contribution is -2.24. The molecule has 1 N–H and O–H groups in total. The van der Waals surface area contributed by atoms with Crippen LogP contribution in [0.25, 0.3) is 0 Å². The average molecular weight is 472 g/mol. The molecule has 0 spiro atoms. The number of benzene rings is 3. The first-order valence-electron chi connectivity index (χ1n) is 9.28. The number of carbonyl (C=O) groups excluding carboxylic acids is 2. The zero-order valence-corrected chi connectivity index (χ0v) is 17.5. The molecule has 0 aliphatic rings. The molecular weight excluding hydrogens is 457 g/mol. The number of nitro groups is 1. The number of halogens is 2. The Balaban J connectivity index is 1.55. The molecule has 0 heterocycles. The van der Waals surface area contributed by atoms with E-state index in [4.69, 9.17) is 21.1 Å². The summed E-state index contributed by atoms with van der Waals surface area (Å²) >= 11 is 5.73. The zero-order chi connectivity index (χ0) is 23.8. The van der Waals surface area contributed by atoms with Gasteiger partial charge in [-0.1, -0.05) is 29.8 Å². The van der Waals surface area contributed by atoms with E-state index in [1.807, 2.05) is 0 Å². The minimum absolute atomic E-state index is 0.0576. The maximum atomic E-state index is 13.3. The Morgan fingerprint density at radius 2 is 1.91 bits per heavy atom. The summed E-state index contributed by atoms with van der Waals surface area (Å²) in [4.78, 5) is 34.4. The predicted octanol–water partition coefficient (Wildman–Crippen LogP) is 4.14. The van der Waals surface area contributed by atoms with Crippen LogP contribution >= 0.6 is 11.6 Å². The lowest BCUT2D eigenvalue weighted by molar-refractivity contribution is -0.385. The average Bonchev–Trinajstić information content (AvgIpc) is 2.78. The molecule has 3 rings (SSSR count). The van der Waals surface area contributed by atoms with Gasteiger partial charge in [0.15, 0.2) is 12.4 Å². The fourth-order valence-electron chi connectivity index (χ4n) is 2.55. The summed E-state index contributed by atoms with van der Waals surface area (Å²) in [6, 6.07) is 15.1. The van der Waals surface area contributed by atoms with E-state index in [1.165, 1.54) is 48.7 Å². The van der Waals surface area contributed by atoms with Crippen LogP contribution in [0, 0.1) is 15.9 Å². The third kappa shape index (κ3) is 6.84. The van der Waals surface area contributed by atoms with E-state index in [9.17, 15) is 24.1 Å². The Morgan fingerprint density at radius 3 is 2.67 bits per heavy atom. The van der Waals surface area contributed by atoms with Gasteiger partial charge in [0.25, 0.3) is 5.91 Å². The molecule has 0 bridgehead atoms. The number of hydrazone groups is 1. The van der Waals surface area contributed by atoms with E-state index in [0.717, 1.165) is 12.1 Å². The molecule has 0 atom stereocenters. The molecule has 0 unspecified atom stereocenters. The van der Waals surface area contributed by atoms with Crippen molar-refractivity contribution in [2.75, 3.05) is 6.61 Å². The molecule has 3 aromatic carbocycles. The van der Waals surface area contributed by atoms with Gasteiger partial charge in [-0.05, 0) is 48.0 Å². The van der Waals surface area contributed by atoms with Crippen molar-refractivity contribution >= 4 is 35.4 Å². The van der Waals surface area contributed by atoms with E-state index >= 15 is 0 Å². The smallest absolute Gasteiger partial charge is 0.343 e. The van der Waals surface area contributed by atoms with E-state index in [1.54, 1.807) is 12.1 Å². The van der Waals surface area contributed by atoms with Crippen molar-refractivity contribution in [2.24, 2.45) is 5.10 Å². The van der Waals surface area contributed by atoms with Gasteiger partial charge in [-0.3, -0.25) is 14.9 Å². The highest BCUT2D eigenvalue weighted by molar-refractivity contribution is 6.30. The van der Waals surface area contributed by atoms with Crippen molar-refractivity contribution < 1.29 is 28.4 Å². The topological polar surface area (TPSA) is 120 Å². The van der Waals surface area contributed by atoms with Crippen molar-refractivity contribution in [2.45, 2.75) is 0 Å². The summed E-state index contributed by atoms with van der Waals surface area (Å²) in [7, 11) is 0. The summed E-state index contributed by atoms with van der Waals surface area (Å²) in [5.74, 6) is -1.88. The van der Waals surface area contributed by atoms with Gasteiger partial charge in [0.05, 0.1) is 16.7 Å². The molecule has 0 aliphatic carbocycles. The number of nitrogens with zero attached hydrogens (tertiary/aromatic N) is 2. The molecule has 0 aliphatic heterocycles. The number of amides is 1. The van der Waals surface area contributed by atoms with Crippen LogP contribution in [0.3, 0.4) is 0 Å². The molecule has 33 heavy (non-hydrogen) atoms. The summed E-state index contributed by atoms with van der Waals surface area (Å²) in [6.07, 6.45) is 1.29. The number of hydrogen-bond acceptors (Lipinski definition) is 7. The van der Waals surface area contributed by atoms with Crippen LogP contribution in [-0.4, -0.2) is 29.6 Å². The van der Waals surface area contributed by atoms with Gasteiger partial charge in [-0.15, -0.1) is 0 Å². The second-order valence-corrected chi connectivity index (χ2v) is 6.86. The number of carbonyl (C=O) groups is 2. The molecule has 1 amide bonds. The number of ether oxygens (including phenoxy) is 2. The first-order valence-corrected chi connectivity index (χ1v) is 9.66. The highest BCUT2D eigenvalue weighted by Gasteiger charge is 2.16. The number of nitrogens with one attached hydrogen (secondary N) is 1. The van der Waals surface area contributed by atoms with Gasteiger partial charge >= 0.3 is 11.7 Å². The first kappa shape index (κ1) is 23.4. The molecule has 0 fully saturated rings. The normalized spacial score (nSPS) is 10.6. The van der Waals surface area contributed by atoms with Gasteiger partial charge in [-0.2, -0.15) is 5.10 Å². The van der Waals surface area contributed by atoms with Crippen molar-refractivity contribution in [3.8, 4) is 11.5 Å². The summed E-state index contributed by atoms with van der Waals surface area (Å²) in [5.41, 5.74) is 2.39. The van der Waals surface area contributed by atoms with E-state index in [2.05, 4.69) is 10.5 Å². The monoisotopic (exact) mass is 471 g/mol. The molecule has 0 aromatic heterocycles. The summed E-state index contributed by atoms with van der Waals surface area (Å²) < 4.78 is 23.6. The van der Waals surface area contributed by atoms with E-state index in [0.29, 0.717) is 5.56 Å². The van der Waals surface area contributed by atoms with Crippen LogP contribution in [-0.2, 0) is 4.79 Å². The van der Waals surface area contributed by atoms with Gasteiger partial charge < -0.3 is 9.47 Å². The molecule has 3 aromatic rings. The lowest BCUT2D eigenvalue weighted by Gasteiger charge is -2.06. The maximum absolute atomic E-state index is 13.3. The van der Waals surface area contributed by atoms with E-state index in [-0.39, 0.29) is 27.8 Å². The van der Waals surface area contributed by atoms with Crippen molar-refractivity contribution in [3.05, 3.63) is 98.8 Å². The number of esters is 1. The number of rotatable bonds is 8. The van der Waals surface area contributed by atoms with Crippen molar-refractivity contribution in [1.82, 2.24) is 5.43 Å². The highest BCUT2D eigenvalue weighted by Crippen LogP contribution is 2.29. The summed E-state index contributed by atoms with van der Waals surface area (Å²) in [6.45, 7) is -0.523. The quantitative estimate of drug-likeness (QED) is 0.173. The Kier molecular flexibility index (Phi) is 7.66. The molecule has 0 saturated heterocycles. The lowest BCUT2D eigenvalue weighted by atomic mass is 10.2. The Labute approximate surface area is 191 Å². The van der Waals surface area contributed by atoms with Gasteiger partial charge in [0.2, 0.25) is 0 Å². The standard InChI is InChI=1S/C22H15ClFN3O6/c23-16-7-8-20(19(11-16)27(30)31)32-13-21(28)26-25-12-14-3-1-6-18(9-14)33-22(29)15-4-2-5-17(24)10-15/h1-12H,13H2,(H,26,28)/b25-12+. The van der Waals surface area contributed by atoms with Crippen LogP contribution < -0.4 is 14.9 Å². The van der Waals surface area contributed by atoms with E-state index < -0.39 is 29.2 Å². The maximum Gasteiger partial charge on any atom is 0.343 e. The van der Waals surface area contributed by atoms with Crippen LogP contribution in [0.15, 0.2) is 71.8 Å². The second-order valence-electron chi connectivity index (χ2n) is 6.42. The second kappa shape index (κ2) is 10.8.